The molecule has 4 nitrogen and oxygen atoms in total. The molecule has 11 heavy (non-hydrogen) atoms. The zero-order valence-electron chi connectivity index (χ0n) is 6.30. The van der Waals surface area contributed by atoms with Gasteiger partial charge in [0.05, 0.1) is 4.91 Å². The molecule has 2 fully saturated rings. The molecule has 2 aliphatic rings. The molecule has 1 unspecified atom stereocenters. The number of rotatable bonds is 0. The van der Waals surface area contributed by atoms with Crippen LogP contribution in [0.1, 0.15) is 25.7 Å². The van der Waals surface area contributed by atoms with Crippen LogP contribution in [0.4, 0.5) is 0 Å². The highest BCUT2D eigenvalue weighted by molar-refractivity contribution is 5.82. The maximum Gasteiger partial charge on any atom is 0.227 e. The van der Waals surface area contributed by atoms with Gasteiger partial charge in [-0.15, -0.1) is 5.43 Å². The van der Waals surface area contributed by atoms with Crippen LogP contribution < -0.4 is 5.43 Å². The molecule has 0 aromatic carbocycles. The van der Waals surface area contributed by atoms with Crippen molar-refractivity contribution in [3.63, 3.8) is 0 Å². The van der Waals surface area contributed by atoms with Crippen LogP contribution in [0, 0.1) is 4.91 Å². The molecule has 4 heteroatoms. The van der Waals surface area contributed by atoms with Crippen molar-refractivity contribution in [1.82, 2.24) is 5.43 Å². The van der Waals surface area contributed by atoms with Gasteiger partial charge in [-0.1, -0.05) is 0 Å². The third kappa shape index (κ3) is 1.02. The van der Waals surface area contributed by atoms with Crippen molar-refractivity contribution in [2.45, 2.75) is 31.2 Å². The fraction of sp³-hybridized carbons (Fsp3) is 0.857. The molecule has 0 aromatic heterocycles. The van der Waals surface area contributed by atoms with Gasteiger partial charge in [-0.3, -0.25) is 4.79 Å². The normalized spacial score (nSPS) is 36.7. The lowest BCUT2D eigenvalue weighted by atomic mass is 9.96. The maximum atomic E-state index is 11.0. The van der Waals surface area contributed by atoms with Crippen LogP contribution in [-0.4, -0.2) is 22.7 Å². The van der Waals surface area contributed by atoms with E-state index in [-0.39, 0.29) is 11.3 Å². The minimum atomic E-state index is -0.154. The molecule has 1 N–H and O–H groups in total. The Hall–Kier alpha value is -0.930. The summed E-state index contributed by atoms with van der Waals surface area (Å²) < 4.78 is 0. The molecule has 0 radical (unpaired) electrons. The first-order valence-corrected chi connectivity index (χ1v) is 3.94. The first-order valence-electron chi connectivity index (χ1n) is 3.94. The first-order chi connectivity index (χ1) is 5.20. The van der Waals surface area contributed by atoms with Crippen molar-refractivity contribution in [3.8, 4) is 0 Å². The smallest absolute Gasteiger partial charge is 0.227 e. The van der Waals surface area contributed by atoms with Crippen LogP contribution >= 0.6 is 0 Å². The topological polar surface area (TPSA) is 49.2 Å². The van der Waals surface area contributed by atoms with E-state index in [1.54, 1.807) is 0 Å². The third-order valence-corrected chi connectivity index (χ3v) is 2.57. The number of hydrazine groups is 1. The number of carbonyl (C=O) groups is 1. The molecule has 60 valence electrons. The molecule has 0 bridgehead atoms. The zero-order valence-corrected chi connectivity index (χ0v) is 6.30. The Morgan fingerprint density at radius 2 is 2.27 bits per heavy atom. The van der Waals surface area contributed by atoms with Crippen LogP contribution in [0.2, 0.25) is 0 Å². The van der Waals surface area contributed by atoms with Gasteiger partial charge in [0, 0.05) is 19.3 Å². The van der Waals surface area contributed by atoms with Crippen molar-refractivity contribution in [2.24, 2.45) is 0 Å². The summed E-state index contributed by atoms with van der Waals surface area (Å²) in [5, 5.41) is 0. The second kappa shape index (κ2) is 2.03. The number of hydrogen-bond donors (Lipinski definition) is 1. The highest BCUT2D eigenvalue weighted by Crippen LogP contribution is 2.32. The van der Waals surface area contributed by atoms with Crippen LogP contribution in [0.25, 0.3) is 0 Å². The van der Waals surface area contributed by atoms with E-state index in [2.05, 4.69) is 5.43 Å². The number of Topliss-reactive ketones (excluding diaryl/α,β-unsaturated/α-hetero) is 1. The number of nitrogens with zero attached hydrogens (tertiary/aromatic N) is 1. The van der Waals surface area contributed by atoms with Gasteiger partial charge < -0.3 is 0 Å². The van der Waals surface area contributed by atoms with E-state index in [0.29, 0.717) is 19.4 Å². The van der Waals surface area contributed by atoms with E-state index in [1.807, 2.05) is 0 Å². The van der Waals surface area contributed by atoms with Crippen molar-refractivity contribution in [3.05, 3.63) is 4.91 Å². The number of nitroso groups, excluding NO2 is 1. The van der Waals surface area contributed by atoms with Crippen molar-refractivity contribution >= 4 is 5.78 Å². The van der Waals surface area contributed by atoms with Gasteiger partial charge in [-0.2, -0.15) is 0 Å². The summed E-state index contributed by atoms with van der Waals surface area (Å²) in [6, 6.07) is 0. The van der Waals surface area contributed by atoms with Gasteiger partial charge >= 0.3 is 0 Å². The maximum absolute atomic E-state index is 11.0. The Kier molecular flexibility index (Phi) is 1.25. The standard InChI is InChI=1S/C7H11N2O2/c10-6-1-2-7(5-6)3-4-9(11)8-7/h1-5H2,(H,8,11)/q+1. The molecule has 1 aliphatic carbocycles. The van der Waals surface area contributed by atoms with E-state index in [0.717, 1.165) is 17.7 Å². The molecule has 1 spiro atoms. The minimum Gasteiger partial charge on any atom is -0.300 e. The van der Waals surface area contributed by atoms with Gasteiger partial charge in [0.1, 0.15) is 16.2 Å². The Morgan fingerprint density at radius 3 is 2.73 bits per heavy atom. The molecule has 1 saturated carbocycles. The molecule has 1 saturated heterocycles. The summed E-state index contributed by atoms with van der Waals surface area (Å²) in [7, 11) is 0. The van der Waals surface area contributed by atoms with E-state index in [9.17, 15) is 9.70 Å². The van der Waals surface area contributed by atoms with Crippen LogP contribution in [0.15, 0.2) is 0 Å². The lowest BCUT2D eigenvalue weighted by Gasteiger charge is -2.13. The van der Waals surface area contributed by atoms with Crippen LogP contribution in [-0.2, 0) is 4.79 Å². The van der Waals surface area contributed by atoms with Crippen molar-refractivity contribution in [2.75, 3.05) is 6.54 Å². The van der Waals surface area contributed by atoms with E-state index in [4.69, 9.17) is 0 Å². The summed E-state index contributed by atoms with van der Waals surface area (Å²) in [6.45, 7) is 0.521. The molecule has 1 heterocycles. The number of nitrogens with one attached hydrogen (secondary N) is 1. The average Bonchev–Trinajstić information content (AvgIpc) is 2.44. The molecule has 0 aromatic rings. The van der Waals surface area contributed by atoms with E-state index < -0.39 is 0 Å². The molecular formula is C7H11N2O2+. The van der Waals surface area contributed by atoms with Gasteiger partial charge in [-0.25, -0.2) is 0 Å². The number of carbonyl (C=O) groups excluding carboxylic acids is 1. The number of ketones is 1. The van der Waals surface area contributed by atoms with Gasteiger partial charge in [0.25, 0.3) is 0 Å². The predicted octanol–water partition coefficient (Wildman–Crippen LogP) is 0.165. The van der Waals surface area contributed by atoms with E-state index in [1.165, 1.54) is 0 Å². The summed E-state index contributed by atoms with van der Waals surface area (Å²) in [4.78, 5) is 22.6. The first kappa shape index (κ1) is 6.76. The highest BCUT2D eigenvalue weighted by atomic mass is 16.3. The monoisotopic (exact) mass is 155 g/mol. The Labute approximate surface area is 64.5 Å². The predicted molar refractivity (Wildman–Crippen MR) is 37.8 cm³/mol. The van der Waals surface area contributed by atoms with Gasteiger partial charge in [-0.05, 0) is 6.42 Å². The summed E-state index contributed by atoms with van der Waals surface area (Å²) in [6.07, 6.45) is 2.85. The SMILES string of the molecule is O=C1CCC2(CC[N+](=O)N2)C1. The third-order valence-electron chi connectivity index (χ3n) is 2.57. The van der Waals surface area contributed by atoms with Crippen molar-refractivity contribution in [1.29, 1.82) is 0 Å². The summed E-state index contributed by atoms with van der Waals surface area (Å²) in [5.41, 5.74) is 2.66. The summed E-state index contributed by atoms with van der Waals surface area (Å²) >= 11 is 0. The van der Waals surface area contributed by atoms with Crippen LogP contribution in [0.5, 0.6) is 0 Å². The molecule has 2 rings (SSSR count). The molecular weight excluding hydrogens is 144 g/mol. The zero-order chi connectivity index (χ0) is 7.90. The lowest BCUT2D eigenvalue weighted by molar-refractivity contribution is -0.592. The Morgan fingerprint density at radius 1 is 1.45 bits per heavy atom. The lowest BCUT2D eigenvalue weighted by Crippen LogP contribution is -2.39. The largest absolute Gasteiger partial charge is 0.300 e. The number of hydrogen-bond acceptors (Lipinski definition) is 2. The van der Waals surface area contributed by atoms with Crippen molar-refractivity contribution < 1.29 is 9.66 Å². The second-order valence-corrected chi connectivity index (χ2v) is 3.46. The second-order valence-electron chi connectivity index (χ2n) is 3.46. The Bertz CT molecular complexity index is 200. The average molecular weight is 155 g/mol. The van der Waals surface area contributed by atoms with Crippen LogP contribution in [0.3, 0.4) is 0 Å². The molecule has 1 aliphatic heterocycles. The molecule has 1 atom stereocenters. The highest BCUT2D eigenvalue weighted by Gasteiger charge is 2.48. The summed E-state index contributed by atoms with van der Waals surface area (Å²) in [5.74, 6) is 0.285. The van der Waals surface area contributed by atoms with E-state index >= 15 is 0 Å². The van der Waals surface area contributed by atoms with Gasteiger partial charge in [0.2, 0.25) is 6.54 Å². The minimum absolute atomic E-state index is 0.154. The Balaban J connectivity index is 2.13. The van der Waals surface area contributed by atoms with Gasteiger partial charge in [0.15, 0.2) is 0 Å². The fourth-order valence-electron chi connectivity index (χ4n) is 1.93. The quantitative estimate of drug-likeness (QED) is 0.507. The molecule has 0 amide bonds. The fourth-order valence-corrected chi connectivity index (χ4v) is 1.93.